The fourth-order valence-corrected chi connectivity index (χ4v) is 5.36. The zero-order valence-electron chi connectivity index (χ0n) is 22.8. The van der Waals surface area contributed by atoms with Gasteiger partial charge in [0.25, 0.3) is 5.56 Å². The van der Waals surface area contributed by atoms with E-state index in [1.54, 1.807) is 42.0 Å². The first-order chi connectivity index (χ1) is 19.3. The second-order valence-electron chi connectivity index (χ2n) is 8.71. The van der Waals surface area contributed by atoms with Crippen LogP contribution in [-0.2, 0) is 11.3 Å². The number of carbonyl (C=O) groups excluding carboxylic acids is 1. The Bertz CT molecular complexity index is 1580. The molecule has 0 aliphatic heterocycles. The van der Waals surface area contributed by atoms with Crippen LogP contribution in [0.2, 0.25) is 5.02 Å². The van der Waals surface area contributed by atoms with E-state index in [1.807, 2.05) is 31.2 Å². The Hall–Kier alpha value is -3.89. The number of methoxy groups -OCH3 is 4. The highest BCUT2D eigenvalue weighted by atomic mass is 35.5. The molecule has 4 rings (SSSR count). The van der Waals surface area contributed by atoms with E-state index < -0.39 is 5.25 Å². The number of aromatic nitrogens is 2. The number of hydrogen-bond donors (Lipinski definition) is 1. The number of anilines is 1. The first kappa shape index (κ1) is 29.1. The summed E-state index contributed by atoms with van der Waals surface area (Å²) >= 11 is 7.45. The zero-order valence-corrected chi connectivity index (χ0v) is 24.4. The zero-order chi connectivity index (χ0) is 28.8. The van der Waals surface area contributed by atoms with Gasteiger partial charge < -0.3 is 24.3 Å². The largest absolute Gasteiger partial charge is 0.497 e. The van der Waals surface area contributed by atoms with Crippen LogP contribution in [0.15, 0.2) is 64.5 Å². The van der Waals surface area contributed by atoms with Crippen molar-refractivity contribution in [1.29, 1.82) is 0 Å². The van der Waals surface area contributed by atoms with Crippen molar-refractivity contribution in [3.8, 4) is 23.0 Å². The number of nitrogens with zero attached hydrogens (tertiary/aromatic N) is 2. The van der Waals surface area contributed by atoms with Crippen molar-refractivity contribution in [2.75, 3.05) is 33.8 Å². The summed E-state index contributed by atoms with van der Waals surface area (Å²) in [6, 6.07) is 15.8. The fraction of sp³-hybridized carbons (Fsp3) is 0.276. The number of halogens is 1. The number of benzene rings is 3. The van der Waals surface area contributed by atoms with Crippen LogP contribution < -0.4 is 29.8 Å². The van der Waals surface area contributed by atoms with Crippen molar-refractivity contribution in [1.82, 2.24) is 9.55 Å². The first-order valence-corrected chi connectivity index (χ1v) is 13.7. The van der Waals surface area contributed by atoms with E-state index in [1.165, 1.54) is 33.1 Å². The summed E-state index contributed by atoms with van der Waals surface area (Å²) < 4.78 is 22.9. The predicted octanol–water partition coefficient (Wildman–Crippen LogP) is 5.64. The molecule has 40 heavy (non-hydrogen) atoms. The van der Waals surface area contributed by atoms with E-state index in [4.69, 9.17) is 35.5 Å². The van der Waals surface area contributed by atoms with Gasteiger partial charge in [0.15, 0.2) is 16.7 Å². The number of rotatable bonds is 11. The third-order valence-electron chi connectivity index (χ3n) is 6.25. The molecule has 9 nitrogen and oxygen atoms in total. The molecule has 0 fully saturated rings. The van der Waals surface area contributed by atoms with Gasteiger partial charge in [0.1, 0.15) is 11.5 Å². The van der Waals surface area contributed by atoms with Gasteiger partial charge in [-0.1, -0.05) is 42.4 Å². The lowest BCUT2D eigenvalue weighted by molar-refractivity contribution is -0.115. The molecule has 4 aromatic rings. The van der Waals surface area contributed by atoms with Crippen LogP contribution >= 0.6 is 23.4 Å². The average Bonchev–Trinajstić information content (AvgIpc) is 2.97. The summed E-state index contributed by atoms with van der Waals surface area (Å²) in [6.07, 6.45) is 0.489. The highest BCUT2D eigenvalue weighted by Gasteiger charge is 2.23. The number of thioether (sulfide) groups is 1. The average molecular weight is 584 g/mol. The van der Waals surface area contributed by atoms with Crippen molar-refractivity contribution >= 4 is 45.9 Å². The quantitative estimate of drug-likeness (QED) is 0.179. The van der Waals surface area contributed by atoms with Crippen molar-refractivity contribution in [2.24, 2.45) is 0 Å². The van der Waals surface area contributed by atoms with Crippen LogP contribution in [0.25, 0.3) is 10.9 Å². The summed E-state index contributed by atoms with van der Waals surface area (Å²) in [6.45, 7) is 2.15. The normalized spacial score (nSPS) is 11.7. The molecule has 3 aromatic carbocycles. The number of fused-ring (bicyclic) bond motifs is 1. The minimum absolute atomic E-state index is 0.244. The molecule has 1 heterocycles. The monoisotopic (exact) mass is 583 g/mol. The number of carbonyl (C=O) groups is 1. The second-order valence-corrected chi connectivity index (χ2v) is 10.3. The summed E-state index contributed by atoms with van der Waals surface area (Å²) in [4.78, 5) is 32.0. The summed E-state index contributed by atoms with van der Waals surface area (Å²) in [7, 11) is 6.15. The van der Waals surface area contributed by atoms with E-state index in [0.29, 0.717) is 56.2 Å². The Kier molecular flexibility index (Phi) is 9.44. The SMILES string of the molecule is CC[C@@H](Sc1nc2cc(OC)c(OC)cc2c(=O)n1Cc1ccc(OC)cc1)C(=O)Nc1ccc(OC)c(Cl)c1. The van der Waals surface area contributed by atoms with Gasteiger partial charge in [-0.2, -0.15) is 0 Å². The van der Waals surface area contributed by atoms with Crippen LogP contribution in [0, 0.1) is 0 Å². The van der Waals surface area contributed by atoms with E-state index >= 15 is 0 Å². The summed E-state index contributed by atoms with van der Waals surface area (Å²) in [5.74, 6) is 1.85. The molecule has 0 radical (unpaired) electrons. The van der Waals surface area contributed by atoms with Crippen LogP contribution in [0.5, 0.6) is 23.0 Å². The Morgan fingerprint density at radius 3 is 2.23 bits per heavy atom. The number of hydrogen-bond acceptors (Lipinski definition) is 8. The van der Waals surface area contributed by atoms with Gasteiger partial charge in [0.2, 0.25) is 5.91 Å². The minimum atomic E-state index is -0.549. The Labute approximate surface area is 241 Å². The highest BCUT2D eigenvalue weighted by Crippen LogP contribution is 2.33. The van der Waals surface area contributed by atoms with E-state index in [2.05, 4.69) is 5.32 Å². The molecule has 0 saturated carbocycles. The molecule has 1 atom stereocenters. The molecule has 0 bridgehead atoms. The maximum atomic E-state index is 13.8. The Morgan fingerprint density at radius 1 is 0.950 bits per heavy atom. The van der Waals surface area contributed by atoms with Crippen molar-refractivity contribution in [3.63, 3.8) is 0 Å². The van der Waals surface area contributed by atoms with Crippen molar-refractivity contribution in [3.05, 3.63) is 75.5 Å². The van der Waals surface area contributed by atoms with E-state index in [-0.39, 0.29) is 18.0 Å². The standard InChI is InChI=1S/C29H30ClN3O6S/c1-6-26(27(34)31-18-9-12-23(37-3)21(30)13-18)40-29-32-22-15-25(39-5)24(38-4)14-20(22)28(35)33(29)16-17-7-10-19(36-2)11-8-17/h7-15,26H,6,16H2,1-5H3,(H,31,34)/t26-/m1/s1. The third-order valence-corrected chi connectivity index (χ3v) is 7.90. The van der Waals surface area contributed by atoms with Crippen molar-refractivity contribution in [2.45, 2.75) is 30.3 Å². The Morgan fingerprint density at radius 2 is 1.62 bits per heavy atom. The van der Waals surface area contributed by atoms with Gasteiger partial charge in [-0.15, -0.1) is 0 Å². The minimum Gasteiger partial charge on any atom is -0.497 e. The molecule has 0 saturated heterocycles. The third kappa shape index (κ3) is 6.29. The molecule has 0 spiro atoms. The van der Waals surface area contributed by atoms with Gasteiger partial charge in [0.05, 0.1) is 56.2 Å². The molecule has 0 aliphatic carbocycles. The number of ether oxygens (including phenoxy) is 4. The second kappa shape index (κ2) is 13.0. The number of amides is 1. The molecule has 0 unspecified atom stereocenters. The topological polar surface area (TPSA) is 101 Å². The lowest BCUT2D eigenvalue weighted by atomic mass is 10.2. The molecule has 11 heteroatoms. The van der Waals surface area contributed by atoms with Crippen LogP contribution in [0.3, 0.4) is 0 Å². The lowest BCUT2D eigenvalue weighted by Gasteiger charge is -2.19. The van der Waals surface area contributed by atoms with Crippen LogP contribution in [0.1, 0.15) is 18.9 Å². The van der Waals surface area contributed by atoms with Crippen LogP contribution in [-0.4, -0.2) is 49.1 Å². The molecule has 1 N–H and O–H groups in total. The van der Waals surface area contributed by atoms with E-state index in [0.717, 1.165) is 5.56 Å². The molecule has 210 valence electrons. The van der Waals surface area contributed by atoms with Crippen molar-refractivity contribution < 1.29 is 23.7 Å². The fourth-order valence-electron chi connectivity index (χ4n) is 4.09. The maximum Gasteiger partial charge on any atom is 0.262 e. The highest BCUT2D eigenvalue weighted by molar-refractivity contribution is 8.00. The first-order valence-electron chi connectivity index (χ1n) is 12.4. The van der Waals surface area contributed by atoms with Gasteiger partial charge in [-0.05, 0) is 48.4 Å². The summed E-state index contributed by atoms with van der Waals surface area (Å²) in [5, 5.41) is 3.52. The molecule has 1 amide bonds. The lowest BCUT2D eigenvalue weighted by Crippen LogP contribution is -2.28. The van der Waals surface area contributed by atoms with Gasteiger partial charge in [-0.3, -0.25) is 14.2 Å². The molecular formula is C29H30ClN3O6S. The van der Waals surface area contributed by atoms with Gasteiger partial charge in [-0.25, -0.2) is 4.98 Å². The molecular weight excluding hydrogens is 554 g/mol. The summed E-state index contributed by atoms with van der Waals surface area (Å²) in [5.41, 5.74) is 1.58. The van der Waals surface area contributed by atoms with Gasteiger partial charge >= 0.3 is 0 Å². The molecule has 0 aliphatic rings. The maximum absolute atomic E-state index is 13.8. The smallest absolute Gasteiger partial charge is 0.262 e. The van der Waals surface area contributed by atoms with Gasteiger partial charge in [0, 0.05) is 11.8 Å². The number of nitrogens with one attached hydrogen (secondary N) is 1. The molecule has 1 aromatic heterocycles. The van der Waals surface area contributed by atoms with E-state index in [9.17, 15) is 9.59 Å². The Balaban J connectivity index is 1.74. The van der Waals surface area contributed by atoms with Crippen LogP contribution in [0.4, 0.5) is 5.69 Å². The predicted molar refractivity (Wildman–Crippen MR) is 158 cm³/mol.